The molecule has 83 heavy (non-hydrogen) atoms. The molecule has 0 N–H and O–H groups in total. The molecule has 0 bridgehead atoms. The van der Waals surface area contributed by atoms with E-state index in [0.717, 1.165) is 103 Å². The van der Waals surface area contributed by atoms with Crippen molar-refractivity contribution in [2.24, 2.45) is 0 Å². The molecule has 0 aromatic rings. The van der Waals surface area contributed by atoms with E-state index in [1.165, 1.54) is 250 Å². The van der Waals surface area contributed by atoms with Crippen molar-refractivity contribution in [2.75, 3.05) is 13.2 Å². The molecule has 0 fully saturated rings. The number of rotatable bonds is 68. The Kier molecular flexibility index (Phi) is 69.1. The Balaban J connectivity index is 4.26. The Hall–Kier alpha value is -2.89. The van der Waals surface area contributed by atoms with Gasteiger partial charge in [0.2, 0.25) is 0 Å². The zero-order chi connectivity index (χ0) is 59.9. The third kappa shape index (κ3) is 69.8. The summed E-state index contributed by atoms with van der Waals surface area (Å²) in [7, 11) is 0. The lowest BCUT2D eigenvalue weighted by atomic mass is 10.0. The van der Waals surface area contributed by atoms with Crippen molar-refractivity contribution in [3.8, 4) is 0 Å². The van der Waals surface area contributed by atoms with Gasteiger partial charge in [-0.3, -0.25) is 14.4 Å². The second kappa shape index (κ2) is 71.6. The van der Waals surface area contributed by atoms with Crippen LogP contribution in [0.15, 0.2) is 60.8 Å². The monoisotopic (exact) mass is 1160 g/mol. The molecule has 6 heteroatoms. The molecule has 0 amide bonds. The van der Waals surface area contributed by atoms with Gasteiger partial charge in [-0.15, -0.1) is 0 Å². The number of carbonyl (C=O) groups is 3. The summed E-state index contributed by atoms with van der Waals surface area (Å²) in [5.74, 6) is -0.884. The Labute approximate surface area is 517 Å². The van der Waals surface area contributed by atoms with Crippen LogP contribution in [0.3, 0.4) is 0 Å². The largest absolute Gasteiger partial charge is 0.462 e. The molecule has 0 saturated heterocycles. The molecule has 484 valence electrons. The Bertz CT molecular complexity index is 1470. The molecule has 0 aromatic carbocycles. The minimum Gasteiger partial charge on any atom is -0.462 e. The van der Waals surface area contributed by atoms with Gasteiger partial charge in [0.15, 0.2) is 6.10 Å². The van der Waals surface area contributed by atoms with Crippen LogP contribution in [0.25, 0.3) is 0 Å². The molecule has 1 atom stereocenters. The smallest absolute Gasteiger partial charge is 0.306 e. The topological polar surface area (TPSA) is 78.9 Å². The lowest BCUT2D eigenvalue weighted by Gasteiger charge is -2.18. The molecular weight excluding hydrogens is 1020 g/mol. The van der Waals surface area contributed by atoms with E-state index in [4.69, 9.17) is 14.2 Å². The van der Waals surface area contributed by atoms with Gasteiger partial charge < -0.3 is 14.2 Å². The Morgan fingerprint density at radius 1 is 0.241 bits per heavy atom. The van der Waals surface area contributed by atoms with Gasteiger partial charge in [0, 0.05) is 19.3 Å². The quantitative estimate of drug-likeness (QED) is 0.0261. The van der Waals surface area contributed by atoms with Crippen molar-refractivity contribution < 1.29 is 28.6 Å². The van der Waals surface area contributed by atoms with Crippen LogP contribution < -0.4 is 0 Å². The minimum atomic E-state index is -0.788. The molecule has 0 saturated carbocycles. The SMILES string of the molecule is CCCCC/C=C\C/C=C\CCCCCCCC(=O)OCC(COC(=O)CCCCCCCCCCCCCCCCCCCCCCCCCCCCCCC)OC(=O)CCCCCCCC/C=C\C/C=C\C/C=C\CCCCCCC. The van der Waals surface area contributed by atoms with Gasteiger partial charge >= 0.3 is 17.9 Å². The van der Waals surface area contributed by atoms with Crippen molar-refractivity contribution >= 4 is 17.9 Å². The predicted molar refractivity (Wildman–Crippen MR) is 362 cm³/mol. The minimum absolute atomic E-state index is 0.0809. The molecule has 0 aliphatic carbocycles. The van der Waals surface area contributed by atoms with Gasteiger partial charge in [0.25, 0.3) is 0 Å². The van der Waals surface area contributed by atoms with Crippen LogP contribution >= 0.6 is 0 Å². The van der Waals surface area contributed by atoms with E-state index in [9.17, 15) is 14.4 Å². The van der Waals surface area contributed by atoms with Crippen LogP contribution in [0.4, 0.5) is 0 Å². The third-order valence-corrected chi connectivity index (χ3v) is 16.5. The summed E-state index contributed by atoms with van der Waals surface area (Å²) >= 11 is 0. The van der Waals surface area contributed by atoms with Crippen molar-refractivity contribution in [1.82, 2.24) is 0 Å². The fraction of sp³-hybridized carbons (Fsp3) is 0.831. The molecule has 0 spiro atoms. The predicted octanol–water partition coefficient (Wildman–Crippen LogP) is 25.5. The summed E-state index contributed by atoms with van der Waals surface area (Å²) in [6.45, 7) is 6.64. The van der Waals surface area contributed by atoms with Crippen LogP contribution in [0.1, 0.15) is 393 Å². The number of carbonyl (C=O) groups excluding carboxylic acids is 3. The van der Waals surface area contributed by atoms with E-state index in [-0.39, 0.29) is 31.1 Å². The Morgan fingerprint density at radius 2 is 0.434 bits per heavy atom. The number of hydrogen-bond acceptors (Lipinski definition) is 6. The van der Waals surface area contributed by atoms with Crippen LogP contribution in [-0.4, -0.2) is 37.2 Å². The second-order valence-corrected chi connectivity index (χ2v) is 24.9. The molecule has 0 aliphatic rings. The van der Waals surface area contributed by atoms with E-state index in [1.807, 2.05) is 0 Å². The fourth-order valence-electron chi connectivity index (χ4n) is 11.0. The summed E-state index contributed by atoms with van der Waals surface area (Å²) in [5, 5.41) is 0. The van der Waals surface area contributed by atoms with Crippen molar-refractivity contribution in [1.29, 1.82) is 0 Å². The van der Waals surface area contributed by atoms with Crippen molar-refractivity contribution in [2.45, 2.75) is 399 Å². The van der Waals surface area contributed by atoms with Gasteiger partial charge in [0.1, 0.15) is 13.2 Å². The fourth-order valence-corrected chi connectivity index (χ4v) is 11.0. The first kappa shape index (κ1) is 80.1. The summed E-state index contributed by atoms with van der Waals surface area (Å²) in [5.41, 5.74) is 0. The standard InChI is InChI=1S/C77H140O6/c1-4-7-10-13-16-19-22-25-28-30-32-34-35-36-37-38-39-40-41-43-44-46-49-52-55-58-61-64-67-70-76(79)82-73-74(72-81-75(78)69-66-63-60-57-54-51-48-27-24-21-18-15-12-9-6-3)83-77(80)71-68-65-62-59-56-53-50-47-45-42-33-31-29-26-23-20-17-14-11-8-5-2/h18,21,23,26-27,31,33,45,47-48,74H,4-17,19-20,22,24-25,28-30,32,34-44,46,49-73H2,1-3H3/b21-18-,26-23-,33-31-,47-45-,48-27-. The van der Waals surface area contributed by atoms with Gasteiger partial charge in [-0.1, -0.05) is 345 Å². The molecule has 1 unspecified atom stereocenters. The lowest BCUT2D eigenvalue weighted by Crippen LogP contribution is -2.30. The van der Waals surface area contributed by atoms with Crippen LogP contribution in [0.2, 0.25) is 0 Å². The number of hydrogen-bond donors (Lipinski definition) is 0. The van der Waals surface area contributed by atoms with Crippen molar-refractivity contribution in [3.63, 3.8) is 0 Å². The highest BCUT2D eigenvalue weighted by Gasteiger charge is 2.19. The first-order valence-electron chi connectivity index (χ1n) is 36.8. The van der Waals surface area contributed by atoms with Crippen LogP contribution in [0.5, 0.6) is 0 Å². The normalized spacial score (nSPS) is 12.4. The van der Waals surface area contributed by atoms with E-state index in [0.29, 0.717) is 19.3 Å². The van der Waals surface area contributed by atoms with E-state index in [1.54, 1.807) is 0 Å². The number of esters is 3. The highest BCUT2D eigenvalue weighted by Crippen LogP contribution is 2.18. The zero-order valence-electron chi connectivity index (χ0n) is 55.7. The van der Waals surface area contributed by atoms with Crippen LogP contribution in [-0.2, 0) is 28.6 Å². The average molecular weight is 1160 g/mol. The van der Waals surface area contributed by atoms with Gasteiger partial charge in [-0.05, 0) is 89.9 Å². The molecule has 6 nitrogen and oxygen atoms in total. The summed E-state index contributed by atoms with van der Waals surface area (Å²) in [6.07, 6.45) is 92.6. The maximum absolute atomic E-state index is 13.0. The number of allylic oxidation sites excluding steroid dienone is 10. The molecule has 0 radical (unpaired) electrons. The molecule has 0 aromatic heterocycles. The highest BCUT2D eigenvalue weighted by atomic mass is 16.6. The third-order valence-electron chi connectivity index (χ3n) is 16.5. The summed E-state index contributed by atoms with van der Waals surface area (Å²) < 4.78 is 17.0. The molecule has 0 aliphatic heterocycles. The van der Waals surface area contributed by atoms with E-state index >= 15 is 0 Å². The van der Waals surface area contributed by atoms with E-state index < -0.39 is 6.10 Å². The first-order chi connectivity index (χ1) is 41.0. The highest BCUT2D eigenvalue weighted by molar-refractivity contribution is 5.71. The summed E-state index contributed by atoms with van der Waals surface area (Å²) in [4.78, 5) is 38.5. The van der Waals surface area contributed by atoms with Gasteiger partial charge in [0.05, 0.1) is 0 Å². The number of unbranched alkanes of at least 4 members (excludes halogenated alkanes) is 47. The second-order valence-electron chi connectivity index (χ2n) is 24.9. The molecule has 0 heterocycles. The first-order valence-corrected chi connectivity index (χ1v) is 36.8. The molecule has 0 rings (SSSR count). The lowest BCUT2D eigenvalue weighted by molar-refractivity contribution is -0.167. The van der Waals surface area contributed by atoms with Gasteiger partial charge in [-0.25, -0.2) is 0 Å². The molecular formula is C77H140O6. The van der Waals surface area contributed by atoms with Crippen LogP contribution in [0, 0.1) is 0 Å². The van der Waals surface area contributed by atoms with Gasteiger partial charge in [-0.2, -0.15) is 0 Å². The zero-order valence-corrected chi connectivity index (χ0v) is 55.7. The maximum Gasteiger partial charge on any atom is 0.306 e. The Morgan fingerprint density at radius 3 is 0.699 bits per heavy atom. The maximum atomic E-state index is 13.0. The average Bonchev–Trinajstić information content (AvgIpc) is 3.49. The van der Waals surface area contributed by atoms with E-state index in [2.05, 4.69) is 81.5 Å². The number of ether oxygens (including phenoxy) is 3. The van der Waals surface area contributed by atoms with Crippen molar-refractivity contribution in [3.05, 3.63) is 60.8 Å². The summed E-state index contributed by atoms with van der Waals surface area (Å²) in [6, 6.07) is 0.